The molecule has 3 atom stereocenters. The number of ether oxygens (including phenoxy) is 1. The number of carbonyl (C=O) groups is 2. The highest BCUT2D eigenvalue weighted by molar-refractivity contribution is 6.06. The molecule has 6 heteroatoms. The van der Waals surface area contributed by atoms with Crippen LogP contribution in [0.3, 0.4) is 0 Å². The number of aliphatic hydroxyl groups excluding tert-OH is 1. The molecule has 19 heavy (non-hydrogen) atoms. The molecular formula is C13H13NO5. The molecule has 0 aromatic heterocycles. The first-order valence-electron chi connectivity index (χ1n) is 5.55. The van der Waals surface area contributed by atoms with Crippen LogP contribution < -0.4 is 0 Å². The highest BCUT2D eigenvalue weighted by Gasteiger charge is 2.55. The summed E-state index contributed by atoms with van der Waals surface area (Å²) in [6.07, 6.45) is 0.597. The third-order valence-electron chi connectivity index (χ3n) is 3.02. The van der Waals surface area contributed by atoms with Gasteiger partial charge >= 0.3 is 0 Å². The molecule has 0 aromatic rings. The highest BCUT2D eigenvalue weighted by atomic mass is 16.6. The van der Waals surface area contributed by atoms with Crippen molar-refractivity contribution in [2.75, 3.05) is 0 Å². The average molecular weight is 263 g/mol. The Hall–Kier alpha value is -2.14. The summed E-state index contributed by atoms with van der Waals surface area (Å²) < 4.78 is 5.24. The third kappa shape index (κ3) is 2.02. The summed E-state index contributed by atoms with van der Waals surface area (Å²) >= 11 is 0. The SMILES string of the molecule is C=C=C[C@@]1(O)[C@H](O)C(=C)O[C@H]1N1C=CC(=O)CC1=O. The second kappa shape index (κ2) is 4.51. The van der Waals surface area contributed by atoms with Crippen LogP contribution in [0.25, 0.3) is 0 Å². The van der Waals surface area contributed by atoms with Gasteiger partial charge in [-0.15, -0.1) is 5.73 Å². The van der Waals surface area contributed by atoms with Crippen molar-refractivity contribution in [2.45, 2.75) is 24.4 Å². The zero-order valence-electron chi connectivity index (χ0n) is 10.1. The van der Waals surface area contributed by atoms with Crippen molar-refractivity contribution in [3.63, 3.8) is 0 Å². The van der Waals surface area contributed by atoms with Crippen LogP contribution in [0.1, 0.15) is 6.42 Å². The zero-order valence-corrected chi connectivity index (χ0v) is 10.1. The molecule has 1 amide bonds. The fraction of sp³-hybridized carbons (Fsp3) is 0.308. The Bertz CT molecular complexity index is 531. The van der Waals surface area contributed by atoms with E-state index in [2.05, 4.69) is 18.9 Å². The van der Waals surface area contributed by atoms with Gasteiger partial charge in [-0.2, -0.15) is 0 Å². The molecule has 0 spiro atoms. The molecule has 100 valence electrons. The van der Waals surface area contributed by atoms with Crippen LogP contribution in [0, 0.1) is 0 Å². The van der Waals surface area contributed by atoms with Crippen molar-refractivity contribution in [2.24, 2.45) is 0 Å². The van der Waals surface area contributed by atoms with Gasteiger partial charge in [0.1, 0.15) is 11.9 Å². The van der Waals surface area contributed by atoms with Crippen LogP contribution >= 0.6 is 0 Å². The quantitative estimate of drug-likeness (QED) is 0.523. The normalized spacial score (nSPS) is 34.2. The summed E-state index contributed by atoms with van der Waals surface area (Å²) in [4.78, 5) is 24.0. The smallest absolute Gasteiger partial charge is 0.237 e. The molecule has 2 rings (SSSR count). The Labute approximate surface area is 109 Å². The van der Waals surface area contributed by atoms with Gasteiger partial charge in [-0.1, -0.05) is 13.2 Å². The van der Waals surface area contributed by atoms with Crippen LogP contribution in [0.2, 0.25) is 0 Å². The van der Waals surface area contributed by atoms with Crippen LogP contribution in [-0.4, -0.2) is 44.7 Å². The van der Waals surface area contributed by atoms with Gasteiger partial charge in [-0.05, 0) is 12.2 Å². The van der Waals surface area contributed by atoms with E-state index in [0.717, 1.165) is 11.0 Å². The van der Waals surface area contributed by atoms with E-state index in [1.165, 1.54) is 12.3 Å². The lowest BCUT2D eigenvalue weighted by Crippen LogP contribution is -2.54. The molecule has 2 aliphatic heterocycles. The maximum absolute atomic E-state index is 11.8. The molecule has 0 aliphatic carbocycles. The predicted octanol–water partition coefficient (Wildman–Crippen LogP) is -0.395. The highest BCUT2D eigenvalue weighted by Crippen LogP contribution is 2.36. The van der Waals surface area contributed by atoms with E-state index in [0.29, 0.717) is 0 Å². The average Bonchev–Trinajstić information content (AvgIpc) is 2.55. The standard InChI is InChI=1S/C13H13NO5/c1-3-5-13(18)11(17)8(2)19-12(13)14-6-4-9(15)7-10(14)16/h4-6,11-12,17-18H,1-2,7H2/t11-,12-,13-/m1/s1. The van der Waals surface area contributed by atoms with E-state index < -0.39 is 23.8 Å². The molecule has 2 aliphatic rings. The Morgan fingerprint density at radius 1 is 1.58 bits per heavy atom. The number of aliphatic hydroxyl groups is 2. The molecule has 1 saturated heterocycles. The van der Waals surface area contributed by atoms with Crippen LogP contribution in [-0.2, 0) is 14.3 Å². The summed E-state index contributed by atoms with van der Waals surface area (Å²) in [6.45, 7) is 6.80. The topological polar surface area (TPSA) is 87.1 Å². The summed E-state index contributed by atoms with van der Waals surface area (Å²) in [5.74, 6) is -0.936. The second-order valence-corrected chi connectivity index (χ2v) is 4.33. The van der Waals surface area contributed by atoms with E-state index in [4.69, 9.17) is 4.74 Å². The lowest BCUT2D eigenvalue weighted by molar-refractivity contribution is -0.150. The van der Waals surface area contributed by atoms with E-state index in [-0.39, 0.29) is 18.0 Å². The molecule has 1 fully saturated rings. The monoisotopic (exact) mass is 263 g/mol. The first-order valence-corrected chi connectivity index (χ1v) is 5.55. The molecule has 6 nitrogen and oxygen atoms in total. The maximum Gasteiger partial charge on any atom is 0.237 e. The Kier molecular flexibility index (Phi) is 3.16. The minimum atomic E-state index is -1.90. The molecule has 0 aromatic carbocycles. The Morgan fingerprint density at radius 3 is 2.84 bits per heavy atom. The van der Waals surface area contributed by atoms with Gasteiger partial charge in [0.05, 0.1) is 6.42 Å². The van der Waals surface area contributed by atoms with Gasteiger partial charge in [0.15, 0.2) is 11.4 Å². The van der Waals surface area contributed by atoms with Gasteiger partial charge in [0.25, 0.3) is 0 Å². The largest absolute Gasteiger partial charge is 0.469 e. The zero-order chi connectivity index (χ0) is 14.2. The number of hydrogen-bond donors (Lipinski definition) is 2. The summed E-state index contributed by atoms with van der Waals surface area (Å²) in [5, 5.41) is 20.3. The lowest BCUT2D eigenvalue weighted by Gasteiger charge is -2.34. The van der Waals surface area contributed by atoms with E-state index in [9.17, 15) is 19.8 Å². The second-order valence-electron chi connectivity index (χ2n) is 4.33. The van der Waals surface area contributed by atoms with Gasteiger partial charge in [-0.25, -0.2) is 0 Å². The predicted molar refractivity (Wildman–Crippen MR) is 64.3 cm³/mol. The van der Waals surface area contributed by atoms with Gasteiger partial charge in [-0.3, -0.25) is 14.5 Å². The molecule has 0 radical (unpaired) electrons. The van der Waals surface area contributed by atoms with Crippen molar-refractivity contribution in [1.29, 1.82) is 0 Å². The number of hydrogen-bond acceptors (Lipinski definition) is 5. The van der Waals surface area contributed by atoms with E-state index >= 15 is 0 Å². The van der Waals surface area contributed by atoms with Crippen LogP contribution in [0.15, 0.2) is 43.0 Å². The van der Waals surface area contributed by atoms with Gasteiger partial charge < -0.3 is 14.9 Å². The fourth-order valence-corrected chi connectivity index (χ4v) is 2.04. The third-order valence-corrected chi connectivity index (χ3v) is 3.02. The minimum Gasteiger partial charge on any atom is -0.469 e. The van der Waals surface area contributed by atoms with Gasteiger partial charge in [0, 0.05) is 6.20 Å². The number of allylic oxidation sites excluding steroid dienone is 1. The number of carbonyl (C=O) groups excluding carboxylic acids is 2. The maximum atomic E-state index is 11.8. The number of nitrogens with zero attached hydrogens (tertiary/aromatic N) is 1. The first kappa shape index (κ1) is 13.3. The van der Waals surface area contributed by atoms with Crippen molar-refractivity contribution >= 4 is 11.7 Å². The number of rotatable bonds is 2. The lowest BCUT2D eigenvalue weighted by atomic mass is 9.94. The number of ketones is 1. The van der Waals surface area contributed by atoms with Gasteiger partial charge in [0.2, 0.25) is 12.1 Å². The molecular weight excluding hydrogens is 250 g/mol. The Morgan fingerprint density at radius 2 is 2.26 bits per heavy atom. The minimum absolute atomic E-state index is 0.0721. The molecule has 0 unspecified atom stereocenters. The fourth-order valence-electron chi connectivity index (χ4n) is 2.04. The molecule has 2 N–H and O–H groups in total. The van der Waals surface area contributed by atoms with Crippen LogP contribution in [0.5, 0.6) is 0 Å². The molecule has 0 saturated carbocycles. The summed E-state index contributed by atoms with van der Waals surface area (Å²) in [6, 6.07) is 0. The van der Waals surface area contributed by atoms with E-state index in [1.54, 1.807) is 0 Å². The first-order chi connectivity index (χ1) is 8.90. The molecule has 2 heterocycles. The summed E-state index contributed by atoms with van der Waals surface area (Å²) in [7, 11) is 0. The number of amides is 1. The van der Waals surface area contributed by atoms with Crippen molar-refractivity contribution < 1.29 is 24.5 Å². The summed E-state index contributed by atoms with van der Waals surface area (Å²) in [5.41, 5.74) is 0.455. The van der Waals surface area contributed by atoms with Crippen molar-refractivity contribution in [3.8, 4) is 0 Å². The van der Waals surface area contributed by atoms with Crippen molar-refractivity contribution in [3.05, 3.63) is 43.0 Å². The van der Waals surface area contributed by atoms with Crippen LogP contribution in [0.4, 0.5) is 0 Å². The molecule has 0 bridgehead atoms. The van der Waals surface area contributed by atoms with E-state index in [1.807, 2.05) is 0 Å². The Balaban J connectivity index is 2.41. The van der Waals surface area contributed by atoms with Crippen molar-refractivity contribution in [1.82, 2.24) is 4.90 Å².